The van der Waals surface area contributed by atoms with E-state index in [4.69, 9.17) is 9.47 Å². The lowest BCUT2D eigenvalue weighted by atomic mass is 9.78. The quantitative estimate of drug-likeness (QED) is 0.294. The zero-order valence-corrected chi connectivity index (χ0v) is 21.4. The van der Waals surface area contributed by atoms with Crippen LogP contribution in [0.4, 0.5) is 4.79 Å². The maximum absolute atomic E-state index is 12.9. The number of aromatic nitrogens is 6. The lowest BCUT2D eigenvalue weighted by Gasteiger charge is -2.44. The van der Waals surface area contributed by atoms with Gasteiger partial charge in [0.1, 0.15) is 5.54 Å². The van der Waals surface area contributed by atoms with Crippen molar-refractivity contribution in [2.24, 2.45) is 0 Å². The van der Waals surface area contributed by atoms with E-state index in [2.05, 4.69) is 30.4 Å². The minimum Gasteiger partial charge on any atom is -0.480 e. The first-order valence-corrected chi connectivity index (χ1v) is 12.7. The van der Waals surface area contributed by atoms with Gasteiger partial charge >= 0.3 is 6.09 Å². The number of piperidine rings is 1. The van der Waals surface area contributed by atoms with E-state index in [-0.39, 0.29) is 0 Å². The van der Waals surface area contributed by atoms with Gasteiger partial charge in [-0.2, -0.15) is 20.2 Å². The van der Waals surface area contributed by atoms with Crippen LogP contribution in [0.15, 0.2) is 48.5 Å². The fourth-order valence-electron chi connectivity index (χ4n) is 6.22. The molecule has 39 heavy (non-hydrogen) atoms. The molecule has 1 aliphatic heterocycles. The average molecular weight is 524 g/mol. The van der Waals surface area contributed by atoms with Crippen LogP contribution in [0.1, 0.15) is 30.7 Å². The summed E-state index contributed by atoms with van der Waals surface area (Å²) in [7, 11) is 3.15. The van der Waals surface area contributed by atoms with Crippen molar-refractivity contribution >= 4 is 49.7 Å². The summed E-state index contributed by atoms with van der Waals surface area (Å²) in [6, 6.07) is 15.6. The zero-order chi connectivity index (χ0) is 26.7. The normalized spacial score (nSPS) is 15.4. The Morgan fingerprint density at radius 2 is 1.31 bits per heavy atom. The summed E-state index contributed by atoms with van der Waals surface area (Å²) in [4.78, 5) is 23.8. The molecule has 11 nitrogen and oxygen atoms in total. The first-order chi connectivity index (χ1) is 19.1. The predicted octanol–water partition coefficient (Wildman–Crippen LogP) is 4.96. The Labute approximate surface area is 221 Å². The van der Waals surface area contributed by atoms with E-state index in [0.717, 1.165) is 45.2 Å². The minimum absolute atomic E-state index is 0.347. The third kappa shape index (κ3) is 3.13. The lowest BCUT2D eigenvalue weighted by molar-refractivity contribution is 0.0648. The molecule has 6 aromatic rings. The summed E-state index contributed by atoms with van der Waals surface area (Å²) in [6.45, 7) is 0.347. The van der Waals surface area contributed by atoms with Gasteiger partial charge in [-0.3, -0.25) is 15.1 Å². The predicted molar refractivity (Wildman–Crippen MR) is 145 cm³/mol. The van der Waals surface area contributed by atoms with Gasteiger partial charge in [0.15, 0.2) is 11.3 Å². The Kier molecular flexibility index (Phi) is 5.09. The molecular weight excluding hydrogens is 498 g/mol. The van der Waals surface area contributed by atoms with Gasteiger partial charge < -0.3 is 14.6 Å². The second-order valence-corrected chi connectivity index (χ2v) is 9.68. The molecule has 3 N–H and O–H groups in total. The van der Waals surface area contributed by atoms with Crippen molar-refractivity contribution in [1.29, 1.82) is 0 Å². The summed E-state index contributed by atoms with van der Waals surface area (Å²) < 4.78 is 11.1. The van der Waals surface area contributed by atoms with E-state index in [1.807, 2.05) is 48.5 Å². The molecule has 0 aliphatic carbocycles. The van der Waals surface area contributed by atoms with Crippen LogP contribution in [0, 0.1) is 0 Å². The highest BCUT2D eigenvalue weighted by Gasteiger charge is 2.50. The molecule has 0 spiro atoms. The smallest absolute Gasteiger partial charge is 0.408 e. The highest BCUT2D eigenvalue weighted by atomic mass is 16.5. The van der Waals surface area contributed by atoms with Crippen LogP contribution < -0.4 is 9.47 Å². The summed E-state index contributed by atoms with van der Waals surface area (Å²) in [5.74, 6) is 0.913. The van der Waals surface area contributed by atoms with Gasteiger partial charge in [-0.05, 0) is 31.4 Å². The van der Waals surface area contributed by atoms with Crippen LogP contribution in [-0.2, 0) is 5.54 Å². The van der Waals surface area contributed by atoms with E-state index in [1.54, 1.807) is 14.2 Å². The first-order valence-electron chi connectivity index (χ1n) is 12.7. The van der Waals surface area contributed by atoms with Crippen molar-refractivity contribution in [3.05, 3.63) is 59.9 Å². The number of fused-ring (bicyclic) bond motifs is 6. The number of amides is 1. The van der Waals surface area contributed by atoms with Gasteiger partial charge in [0.2, 0.25) is 11.8 Å². The van der Waals surface area contributed by atoms with Gasteiger partial charge in [-0.25, -0.2) is 4.79 Å². The van der Waals surface area contributed by atoms with Gasteiger partial charge in [0.25, 0.3) is 0 Å². The van der Waals surface area contributed by atoms with E-state index in [9.17, 15) is 9.90 Å². The number of carbonyl (C=O) groups is 1. The fourth-order valence-corrected chi connectivity index (χ4v) is 6.22. The topological polar surface area (TPSA) is 142 Å². The van der Waals surface area contributed by atoms with Crippen LogP contribution in [0.5, 0.6) is 11.8 Å². The Hall–Kier alpha value is -4.93. The number of ether oxygens (including phenoxy) is 2. The molecule has 1 fully saturated rings. The molecular formula is C28H25N7O4. The van der Waals surface area contributed by atoms with Gasteiger partial charge in [-0.15, -0.1) is 0 Å². The largest absolute Gasteiger partial charge is 0.480 e. The first kappa shape index (κ1) is 23.2. The maximum atomic E-state index is 12.9. The highest BCUT2D eigenvalue weighted by Crippen LogP contribution is 2.49. The second-order valence-electron chi connectivity index (χ2n) is 9.68. The van der Waals surface area contributed by atoms with Crippen LogP contribution >= 0.6 is 0 Å². The SMILES string of the molecule is COc1nc2n[nH]c(C3(c4[nH]nc5nc(OC)c6ccccc6c45)CCCCN3C(=O)O)c2c2ccccc12. The van der Waals surface area contributed by atoms with Crippen molar-refractivity contribution in [3.63, 3.8) is 0 Å². The number of pyridine rings is 2. The second kappa shape index (κ2) is 8.55. The monoisotopic (exact) mass is 523 g/mol. The molecule has 11 heteroatoms. The van der Waals surface area contributed by atoms with Gasteiger partial charge in [-0.1, -0.05) is 36.4 Å². The van der Waals surface area contributed by atoms with E-state index >= 15 is 0 Å². The molecule has 2 aromatic carbocycles. The summed E-state index contributed by atoms with van der Waals surface area (Å²) in [5, 5.41) is 31.0. The number of likely N-dealkylation sites (tertiary alicyclic amines) is 1. The van der Waals surface area contributed by atoms with Crippen molar-refractivity contribution in [2.75, 3.05) is 20.8 Å². The van der Waals surface area contributed by atoms with Gasteiger partial charge in [0.05, 0.1) is 36.4 Å². The number of benzene rings is 2. The number of hydrogen-bond donors (Lipinski definition) is 3. The molecule has 0 radical (unpaired) electrons. The van der Waals surface area contributed by atoms with Crippen LogP contribution in [-0.4, -0.2) is 67.2 Å². The van der Waals surface area contributed by atoms with E-state index < -0.39 is 11.6 Å². The summed E-state index contributed by atoms with van der Waals surface area (Å²) >= 11 is 0. The van der Waals surface area contributed by atoms with Gasteiger partial charge in [0, 0.05) is 28.1 Å². The number of hydrogen-bond acceptors (Lipinski definition) is 7. The van der Waals surface area contributed by atoms with E-state index in [0.29, 0.717) is 47.4 Å². The van der Waals surface area contributed by atoms with Crippen LogP contribution in [0.3, 0.4) is 0 Å². The Balaban J connectivity index is 1.64. The molecule has 1 aliphatic rings. The third-order valence-corrected chi connectivity index (χ3v) is 7.84. The molecule has 7 rings (SSSR count). The zero-order valence-electron chi connectivity index (χ0n) is 21.4. The number of rotatable bonds is 4. The molecule has 0 bridgehead atoms. The van der Waals surface area contributed by atoms with Crippen molar-refractivity contribution in [1.82, 2.24) is 35.3 Å². The molecule has 0 atom stereocenters. The van der Waals surface area contributed by atoms with Crippen molar-refractivity contribution in [2.45, 2.75) is 24.8 Å². The Morgan fingerprint density at radius 3 is 1.77 bits per heavy atom. The maximum Gasteiger partial charge on any atom is 0.408 e. The number of aromatic amines is 2. The Bertz CT molecular complexity index is 1790. The number of H-pyrrole nitrogens is 2. The number of methoxy groups -OCH3 is 2. The molecule has 1 saturated heterocycles. The lowest BCUT2D eigenvalue weighted by Crippen LogP contribution is -2.53. The van der Waals surface area contributed by atoms with Crippen molar-refractivity contribution in [3.8, 4) is 11.8 Å². The molecule has 5 heterocycles. The van der Waals surface area contributed by atoms with Crippen molar-refractivity contribution < 1.29 is 19.4 Å². The average Bonchev–Trinajstić information content (AvgIpc) is 3.61. The van der Waals surface area contributed by atoms with Crippen LogP contribution in [0.25, 0.3) is 43.6 Å². The number of carboxylic acid groups (broad SMARTS) is 1. The fraction of sp³-hybridized carbons (Fsp3) is 0.250. The highest BCUT2D eigenvalue weighted by molar-refractivity contribution is 6.11. The molecule has 0 saturated carbocycles. The standard InChI is InChI=1S/C28H25N7O4/c1-38-25-17-11-5-3-9-15(17)19-21(31-33-23(19)29-25)28(13-7-8-14-35(28)27(36)37)22-20-16-10-4-6-12-18(16)26(39-2)30-24(20)34-32-22/h3-6,9-12H,7-8,13-14H2,1-2H3,(H,36,37)(H,29,31,33)(H,30,32,34). The Morgan fingerprint density at radius 1 is 0.821 bits per heavy atom. The minimum atomic E-state index is -1.16. The molecule has 0 unspecified atom stereocenters. The van der Waals surface area contributed by atoms with E-state index in [1.165, 1.54) is 4.90 Å². The third-order valence-electron chi connectivity index (χ3n) is 7.84. The summed E-state index contributed by atoms with van der Waals surface area (Å²) in [5.41, 5.74) is 1.01. The number of nitrogens with zero attached hydrogens (tertiary/aromatic N) is 5. The molecule has 196 valence electrons. The molecule has 1 amide bonds. The summed E-state index contributed by atoms with van der Waals surface area (Å²) in [6.07, 6.45) is 1.02. The van der Waals surface area contributed by atoms with Crippen LogP contribution in [0.2, 0.25) is 0 Å². The molecule has 4 aromatic heterocycles. The number of nitrogens with one attached hydrogen (secondary N) is 2.